The van der Waals surface area contributed by atoms with Gasteiger partial charge in [-0.25, -0.2) is 0 Å². The van der Waals surface area contributed by atoms with Crippen LogP contribution < -0.4 is 5.32 Å². The van der Waals surface area contributed by atoms with E-state index in [0.717, 1.165) is 12.1 Å². The SMILES string of the molecule is CC1(C)CCC(NC2CCSCC2)CC1. The molecule has 2 aliphatic rings. The van der Waals surface area contributed by atoms with Crippen LogP contribution in [-0.2, 0) is 0 Å². The average Bonchev–Trinajstić information content (AvgIpc) is 2.23. The first kappa shape index (κ1) is 11.8. The van der Waals surface area contributed by atoms with Gasteiger partial charge in [0.05, 0.1) is 0 Å². The molecule has 88 valence electrons. The Hall–Kier alpha value is 0.310. The van der Waals surface area contributed by atoms with E-state index in [1.165, 1.54) is 50.0 Å². The maximum Gasteiger partial charge on any atom is 0.00853 e. The summed E-state index contributed by atoms with van der Waals surface area (Å²) in [5.74, 6) is 2.74. The van der Waals surface area contributed by atoms with E-state index in [9.17, 15) is 0 Å². The lowest BCUT2D eigenvalue weighted by molar-refractivity contribution is 0.196. The predicted octanol–water partition coefficient (Wildman–Crippen LogP) is 3.44. The maximum absolute atomic E-state index is 3.88. The van der Waals surface area contributed by atoms with Crippen molar-refractivity contribution < 1.29 is 0 Å². The van der Waals surface area contributed by atoms with E-state index < -0.39 is 0 Å². The van der Waals surface area contributed by atoms with Gasteiger partial charge in [0, 0.05) is 12.1 Å². The van der Waals surface area contributed by atoms with Gasteiger partial charge in [0.15, 0.2) is 0 Å². The van der Waals surface area contributed by atoms with Crippen LogP contribution in [0.3, 0.4) is 0 Å². The van der Waals surface area contributed by atoms with Gasteiger partial charge in [-0.2, -0.15) is 11.8 Å². The summed E-state index contributed by atoms with van der Waals surface area (Å²) in [6.07, 6.45) is 8.40. The molecule has 0 aromatic rings. The number of rotatable bonds is 2. The molecule has 0 spiro atoms. The first-order valence-corrected chi connectivity index (χ1v) is 7.65. The van der Waals surface area contributed by atoms with E-state index in [0.29, 0.717) is 5.41 Å². The van der Waals surface area contributed by atoms with Crippen LogP contribution in [0.15, 0.2) is 0 Å². The van der Waals surface area contributed by atoms with Crippen molar-refractivity contribution in [1.82, 2.24) is 5.32 Å². The molecular formula is C13H25NS. The van der Waals surface area contributed by atoms with Gasteiger partial charge in [0.2, 0.25) is 0 Å². The van der Waals surface area contributed by atoms with Crippen molar-refractivity contribution in [1.29, 1.82) is 0 Å². The molecule has 1 nitrogen and oxygen atoms in total. The van der Waals surface area contributed by atoms with E-state index in [4.69, 9.17) is 0 Å². The molecule has 1 saturated carbocycles. The van der Waals surface area contributed by atoms with Gasteiger partial charge in [-0.3, -0.25) is 0 Å². The zero-order valence-corrected chi connectivity index (χ0v) is 11.0. The molecule has 15 heavy (non-hydrogen) atoms. The molecule has 0 bridgehead atoms. The third kappa shape index (κ3) is 3.67. The number of nitrogens with one attached hydrogen (secondary N) is 1. The highest BCUT2D eigenvalue weighted by atomic mass is 32.2. The Morgan fingerprint density at radius 1 is 0.933 bits per heavy atom. The summed E-state index contributed by atoms with van der Waals surface area (Å²) in [6.45, 7) is 4.83. The molecular weight excluding hydrogens is 202 g/mol. The molecule has 0 aromatic carbocycles. The Morgan fingerprint density at radius 2 is 1.47 bits per heavy atom. The Bertz CT molecular complexity index is 187. The van der Waals surface area contributed by atoms with Gasteiger partial charge >= 0.3 is 0 Å². The van der Waals surface area contributed by atoms with Gasteiger partial charge in [0.1, 0.15) is 0 Å². The molecule has 1 heterocycles. The fraction of sp³-hybridized carbons (Fsp3) is 1.00. The Labute approximate surface area is 98.8 Å². The highest BCUT2D eigenvalue weighted by molar-refractivity contribution is 7.99. The lowest BCUT2D eigenvalue weighted by Crippen LogP contribution is -2.43. The third-order valence-electron chi connectivity index (χ3n) is 4.03. The third-order valence-corrected chi connectivity index (χ3v) is 5.08. The van der Waals surface area contributed by atoms with Gasteiger partial charge in [-0.15, -0.1) is 0 Å². The Kier molecular flexibility index (Phi) is 4.00. The van der Waals surface area contributed by atoms with Crippen molar-refractivity contribution in [2.75, 3.05) is 11.5 Å². The maximum atomic E-state index is 3.88. The van der Waals surface area contributed by atoms with Crippen LogP contribution in [0, 0.1) is 5.41 Å². The van der Waals surface area contributed by atoms with E-state index >= 15 is 0 Å². The standard InChI is InChI=1S/C13H25NS/c1-13(2)7-3-11(4-8-13)14-12-5-9-15-10-6-12/h11-12,14H,3-10H2,1-2H3. The average molecular weight is 227 g/mol. The minimum Gasteiger partial charge on any atom is -0.311 e. The molecule has 0 radical (unpaired) electrons. The molecule has 2 fully saturated rings. The van der Waals surface area contributed by atoms with Crippen molar-refractivity contribution in [2.45, 2.75) is 64.5 Å². The summed E-state index contributed by atoms with van der Waals surface area (Å²) in [5, 5.41) is 3.88. The zero-order chi connectivity index (χ0) is 10.7. The van der Waals surface area contributed by atoms with Gasteiger partial charge < -0.3 is 5.32 Å². The summed E-state index contributed by atoms with van der Waals surface area (Å²) in [5.41, 5.74) is 0.612. The first-order valence-electron chi connectivity index (χ1n) is 6.49. The Balaban J connectivity index is 1.71. The summed E-state index contributed by atoms with van der Waals surface area (Å²) in [6, 6.07) is 1.66. The van der Waals surface area contributed by atoms with Gasteiger partial charge in [-0.05, 0) is 55.4 Å². The first-order chi connectivity index (χ1) is 7.16. The smallest absolute Gasteiger partial charge is 0.00853 e. The Morgan fingerprint density at radius 3 is 2.07 bits per heavy atom. The molecule has 0 atom stereocenters. The topological polar surface area (TPSA) is 12.0 Å². The highest BCUT2D eigenvalue weighted by Gasteiger charge is 2.28. The van der Waals surface area contributed by atoms with Crippen LogP contribution >= 0.6 is 11.8 Å². The fourth-order valence-electron chi connectivity index (χ4n) is 2.76. The van der Waals surface area contributed by atoms with Crippen LogP contribution in [0.4, 0.5) is 0 Å². The molecule has 0 aromatic heterocycles. The van der Waals surface area contributed by atoms with E-state index in [-0.39, 0.29) is 0 Å². The second kappa shape index (κ2) is 5.09. The summed E-state index contributed by atoms with van der Waals surface area (Å²) in [4.78, 5) is 0. The molecule has 1 aliphatic heterocycles. The molecule has 2 heteroatoms. The number of thioether (sulfide) groups is 1. The van der Waals surface area contributed by atoms with Crippen molar-refractivity contribution in [3.8, 4) is 0 Å². The van der Waals surface area contributed by atoms with Crippen molar-refractivity contribution in [2.24, 2.45) is 5.41 Å². The monoisotopic (exact) mass is 227 g/mol. The summed E-state index contributed by atoms with van der Waals surface area (Å²) >= 11 is 2.12. The minimum atomic E-state index is 0.612. The lowest BCUT2D eigenvalue weighted by Gasteiger charge is -2.37. The van der Waals surface area contributed by atoms with Crippen LogP contribution in [0.2, 0.25) is 0 Å². The second-order valence-corrected chi connectivity index (χ2v) is 7.22. The van der Waals surface area contributed by atoms with Crippen molar-refractivity contribution in [3.63, 3.8) is 0 Å². The predicted molar refractivity (Wildman–Crippen MR) is 69.5 cm³/mol. The zero-order valence-electron chi connectivity index (χ0n) is 10.2. The summed E-state index contributed by atoms with van der Waals surface area (Å²) < 4.78 is 0. The largest absolute Gasteiger partial charge is 0.311 e. The number of hydrogen-bond acceptors (Lipinski definition) is 2. The normalized spacial score (nSPS) is 29.2. The van der Waals surface area contributed by atoms with Crippen molar-refractivity contribution >= 4 is 11.8 Å². The van der Waals surface area contributed by atoms with Crippen LogP contribution in [0.1, 0.15) is 52.4 Å². The van der Waals surface area contributed by atoms with Crippen LogP contribution in [0.25, 0.3) is 0 Å². The van der Waals surface area contributed by atoms with Crippen molar-refractivity contribution in [3.05, 3.63) is 0 Å². The highest BCUT2D eigenvalue weighted by Crippen LogP contribution is 2.35. The molecule has 1 N–H and O–H groups in total. The quantitative estimate of drug-likeness (QED) is 0.775. The minimum absolute atomic E-state index is 0.612. The second-order valence-electron chi connectivity index (χ2n) is 5.99. The van der Waals surface area contributed by atoms with Gasteiger partial charge in [-0.1, -0.05) is 13.8 Å². The van der Waals surface area contributed by atoms with Crippen LogP contribution in [-0.4, -0.2) is 23.6 Å². The van der Waals surface area contributed by atoms with E-state index in [2.05, 4.69) is 30.9 Å². The lowest BCUT2D eigenvalue weighted by atomic mass is 9.75. The molecule has 0 amide bonds. The summed E-state index contributed by atoms with van der Waals surface area (Å²) in [7, 11) is 0. The van der Waals surface area contributed by atoms with E-state index in [1.54, 1.807) is 0 Å². The number of hydrogen-bond donors (Lipinski definition) is 1. The van der Waals surface area contributed by atoms with E-state index in [1.807, 2.05) is 0 Å². The van der Waals surface area contributed by atoms with Crippen LogP contribution in [0.5, 0.6) is 0 Å². The molecule has 2 rings (SSSR count). The molecule has 0 unspecified atom stereocenters. The molecule has 1 aliphatic carbocycles. The fourth-order valence-corrected chi connectivity index (χ4v) is 3.87. The molecule has 1 saturated heterocycles. The van der Waals surface area contributed by atoms with Gasteiger partial charge in [0.25, 0.3) is 0 Å².